The molecule has 2 nitrogen and oxygen atoms in total. The van der Waals surface area contributed by atoms with Crippen molar-refractivity contribution in [3.05, 3.63) is 33.8 Å². The van der Waals surface area contributed by atoms with Gasteiger partial charge in [0.1, 0.15) is 0 Å². The minimum atomic E-state index is 0.559. The fourth-order valence-corrected chi connectivity index (χ4v) is 3.63. The normalized spacial score (nSPS) is 18.9. The summed E-state index contributed by atoms with van der Waals surface area (Å²) in [5.41, 5.74) is 8.80. The highest BCUT2D eigenvalue weighted by Gasteiger charge is 2.34. The van der Waals surface area contributed by atoms with Crippen LogP contribution < -0.4 is 5.73 Å². The molecule has 1 aliphatic rings. The maximum atomic E-state index is 5.67. The minimum Gasteiger partial charge on any atom is -0.326 e. The maximum Gasteiger partial charge on any atom is 0.0245 e. The van der Waals surface area contributed by atoms with E-state index in [-0.39, 0.29) is 0 Å². The molecule has 1 fully saturated rings. The van der Waals surface area contributed by atoms with Crippen LogP contribution in [0.5, 0.6) is 0 Å². The zero-order valence-corrected chi connectivity index (χ0v) is 13.7. The maximum absolute atomic E-state index is 5.67. The van der Waals surface area contributed by atoms with E-state index in [2.05, 4.69) is 52.9 Å². The van der Waals surface area contributed by atoms with Crippen LogP contribution in [0.3, 0.4) is 0 Å². The van der Waals surface area contributed by atoms with E-state index in [4.69, 9.17) is 5.73 Å². The molecule has 1 aliphatic heterocycles. The van der Waals surface area contributed by atoms with Crippen molar-refractivity contribution in [1.29, 1.82) is 0 Å². The molecular formula is C16H25BrN2. The highest BCUT2D eigenvalue weighted by atomic mass is 79.9. The highest BCUT2D eigenvalue weighted by molar-refractivity contribution is 9.10. The van der Waals surface area contributed by atoms with E-state index in [9.17, 15) is 0 Å². The van der Waals surface area contributed by atoms with Crippen LogP contribution in [-0.4, -0.2) is 18.0 Å². The summed E-state index contributed by atoms with van der Waals surface area (Å²) in [4.78, 5) is 2.59. The summed E-state index contributed by atoms with van der Waals surface area (Å²) < 4.78 is 1.20. The quantitative estimate of drug-likeness (QED) is 0.889. The Morgan fingerprint density at radius 3 is 2.58 bits per heavy atom. The van der Waals surface area contributed by atoms with Crippen LogP contribution in [0.2, 0.25) is 0 Å². The Labute approximate surface area is 125 Å². The molecular weight excluding hydrogens is 300 g/mol. The second-order valence-electron chi connectivity index (χ2n) is 5.80. The van der Waals surface area contributed by atoms with Crippen LogP contribution in [0.4, 0.5) is 0 Å². The molecule has 2 rings (SSSR count). The third-order valence-electron chi connectivity index (χ3n) is 4.76. The summed E-state index contributed by atoms with van der Waals surface area (Å²) in [5.74, 6) is 0. The van der Waals surface area contributed by atoms with E-state index in [0.717, 1.165) is 6.54 Å². The molecule has 1 heterocycles. The van der Waals surface area contributed by atoms with Gasteiger partial charge in [0, 0.05) is 24.1 Å². The lowest BCUT2D eigenvalue weighted by atomic mass is 9.82. The Hall–Kier alpha value is -0.380. The van der Waals surface area contributed by atoms with Gasteiger partial charge in [0.05, 0.1) is 0 Å². The Balaban J connectivity index is 2.03. The highest BCUT2D eigenvalue weighted by Crippen LogP contribution is 2.37. The molecule has 0 unspecified atom stereocenters. The van der Waals surface area contributed by atoms with Crippen molar-refractivity contribution in [2.45, 2.75) is 46.2 Å². The van der Waals surface area contributed by atoms with Crippen molar-refractivity contribution in [3.8, 4) is 0 Å². The number of benzene rings is 1. The number of hydrogen-bond donors (Lipinski definition) is 1. The predicted octanol–water partition coefficient (Wildman–Crippen LogP) is 3.92. The first-order valence-electron chi connectivity index (χ1n) is 7.32. The number of halogens is 1. The zero-order chi connectivity index (χ0) is 13.9. The van der Waals surface area contributed by atoms with Gasteiger partial charge < -0.3 is 5.73 Å². The summed E-state index contributed by atoms with van der Waals surface area (Å²) in [6.07, 6.45) is 3.94. The van der Waals surface area contributed by atoms with E-state index in [1.807, 2.05) is 0 Å². The lowest BCUT2D eigenvalue weighted by Gasteiger charge is -2.26. The van der Waals surface area contributed by atoms with E-state index < -0.39 is 0 Å². The monoisotopic (exact) mass is 324 g/mol. The SMILES string of the molecule is CCC1(CC)CCN(Cc2ccc(CN)cc2Br)C1. The number of hydrogen-bond acceptors (Lipinski definition) is 2. The van der Waals surface area contributed by atoms with Crippen LogP contribution in [0.1, 0.15) is 44.2 Å². The molecule has 0 bridgehead atoms. The number of nitrogens with two attached hydrogens (primary N) is 1. The van der Waals surface area contributed by atoms with Crippen molar-refractivity contribution in [2.75, 3.05) is 13.1 Å². The molecule has 106 valence electrons. The van der Waals surface area contributed by atoms with Crippen LogP contribution in [0.25, 0.3) is 0 Å². The van der Waals surface area contributed by atoms with Crippen LogP contribution in [0, 0.1) is 5.41 Å². The molecule has 0 saturated carbocycles. The third-order valence-corrected chi connectivity index (χ3v) is 5.50. The summed E-state index contributed by atoms with van der Waals surface area (Å²) >= 11 is 3.68. The lowest BCUT2D eigenvalue weighted by Crippen LogP contribution is -2.26. The van der Waals surface area contributed by atoms with Crippen molar-refractivity contribution in [2.24, 2.45) is 11.1 Å². The van der Waals surface area contributed by atoms with Gasteiger partial charge in [-0.15, -0.1) is 0 Å². The van der Waals surface area contributed by atoms with Gasteiger partial charge >= 0.3 is 0 Å². The van der Waals surface area contributed by atoms with Gasteiger partial charge in [-0.25, -0.2) is 0 Å². The Morgan fingerprint density at radius 1 is 1.32 bits per heavy atom. The molecule has 0 spiro atoms. The van der Waals surface area contributed by atoms with E-state index >= 15 is 0 Å². The van der Waals surface area contributed by atoms with Gasteiger partial charge in [0.25, 0.3) is 0 Å². The topological polar surface area (TPSA) is 29.3 Å². The third kappa shape index (κ3) is 3.39. The summed E-state index contributed by atoms with van der Waals surface area (Å²) in [6.45, 7) is 8.79. The minimum absolute atomic E-state index is 0.559. The first-order valence-corrected chi connectivity index (χ1v) is 8.11. The van der Waals surface area contributed by atoms with E-state index in [1.165, 1.54) is 48.0 Å². The van der Waals surface area contributed by atoms with Crippen molar-refractivity contribution >= 4 is 15.9 Å². The summed E-state index contributed by atoms with van der Waals surface area (Å²) in [6, 6.07) is 6.51. The smallest absolute Gasteiger partial charge is 0.0245 e. The zero-order valence-electron chi connectivity index (χ0n) is 12.1. The molecule has 1 saturated heterocycles. The van der Waals surface area contributed by atoms with Gasteiger partial charge in [-0.3, -0.25) is 4.90 Å². The Morgan fingerprint density at radius 2 is 2.05 bits per heavy atom. The van der Waals surface area contributed by atoms with E-state index in [0.29, 0.717) is 12.0 Å². The molecule has 2 N–H and O–H groups in total. The Bertz CT molecular complexity index is 427. The number of likely N-dealkylation sites (tertiary alicyclic amines) is 1. The second-order valence-corrected chi connectivity index (χ2v) is 6.65. The fourth-order valence-electron chi connectivity index (χ4n) is 3.08. The van der Waals surface area contributed by atoms with Crippen molar-refractivity contribution in [3.63, 3.8) is 0 Å². The first kappa shape index (κ1) is 15.0. The summed E-state index contributed by atoms with van der Waals surface area (Å²) in [5, 5.41) is 0. The molecule has 3 heteroatoms. The molecule has 0 radical (unpaired) electrons. The largest absolute Gasteiger partial charge is 0.326 e. The second kappa shape index (κ2) is 6.38. The van der Waals surface area contributed by atoms with E-state index in [1.54, 1.807) is 0 Å². The van der Waals surface area contributed by atoms with Gasteiger partial charge in [0.2, 0.25) is 0 Å². The Kier molecular flexibility index (Phi) is 5.04. The molecule has 0 atom stereocenters. The molecule has 19 heavy (non-hydrogen) atoms. The molecule has 0 aliphatic carbocycles. The van der Waals surface area contributed by atoms with Crippen LogP contribution >= 0.6 is 15.9 Å². The molecule has 0 aromatic heterocycles. The number of rotatable bonds is 5. The van der Waals surface area contributed by atoms with Gasteiger partial charge in [-0.2, -0.15) is 0 Å². The fraction of sp³-hybridized carbons (Fsp3) is 0.625. The van der Waals surface area contributed by atoms with Crippen molar-refractivity contribution < 1.29 is 0 Å². The van der Waals surface area contributed by atoms with Gasteiger partial charge in [0.15, 0.2) is 0 Å². The number of nitrogens with zero attached hydrogens (tertiary/aromatic N) is 1. The summed E-state index contributed by atoms with van der Waals surface area (Å²) in [7, 11) is 0. The van der Waals surface area contributed by atoms with Gasteiger partial charge in [-0.1, -0.05) is 41.9 Å². The molecule has 1 aromatic rings. The first-order chi connectivity index (χ1) is 9.12. The van der Waals surface area contributed by atoms with Gasteiger partial charge in [-0.05, 0) is 48.4 Å². The average molecular weight is 325 g/mol. The standard InChI is InChI=1S/C16H25BrN2/c1-3-16(4-2)7-8-19(12-16)11-14-6-5-13(10-18)9-15(14)17/h5-6,9H,3-4,7-8,10-12,18H2,1-2H3. The van der Waals surface area contributed by atoms with Crippen LogP contribution in [0.15, 0.2) is 22.7 Å². The lowest BCUT2D eigenvalue weighted by molar-refractivity contribution is 0.236. The predicted molar refractivity (Wildman–Crippen MR) is 84.9 cm³/mol. The average Bonchev–Trinajstić information content (AvgIpc) is 2.85. The molecule has 1 aromatic carbocycles. The van der Waals surface area contributed by atoms with Crippen molar-refractivity contribution in [1.82, 2.24) is 4.90 Å². The molecule has 0 amide bonds. The van der Waals surface area contributed by atoms with Crippen LogP contribution in [-0.2, 0) is 13.1 Å².